The van der Waals surface area contributed by atoms with Gasteiger partial charge in [-0.3, -0.25) is 9.52 Å². The summed E-state index contributed by atoms with van der Waals surface area (Å²) in [6, 6.07) is 6.13. The van der Waals surface area contributed by atoms with Gasteiger partial charge in [-0.25, -0.2) is 8.42 Å². The van der Waals surface area contributed by atoms with Crippen molar-refractivity contribution in [1.29, 1.82) is 0 Å². The van der Waals surface area contributed by atoms with Gasteiger partial charge in [0.25, 0.3) is 5.91 Å². The van der Waals surface area contributed by atoms with Gasteiger partial charge in [0.1, 0.15) is 5.21 Å². The minimum atomic E-state index is -3.52. The van der Waals surface area contributed by atoms with Crippen LogP contribution in [0.4, 0.5) is 5.69 Å². The first-order valence-electron chi connectivity index (χ1n) is 5.62. The van der Waals surface area contributed by atoms with Gasteiger partial charge in [-0.15, -0.1) is 11.6 Å². The molecule has 0 saturated carbocycles. The van der Waals surface area contributed by atoms with Crippen LogP contribution in [0.5, 0.6) is 0 Å². The fraction of sp³-hybridized carbons (Fsp3) is 0.417. The van der Waals surface area contributed by atoms with Gasteiger partial charge in [0.2, 0.25) is 10.0 Å². The third kappa shape index (κ3) is 5.48. The average Bonchev–Trinajstić information content (AvgIpc) is 2.27. The number of amides is 1. The summed E-state index contributed by atoms with van der Waals surface area (Å²) in [5.41, 5.74) is 0.507. The van der Waals surface area contributed by atoms with Gasteiger partial charge in [0.05, 0.1) is 0 Å². The van der Waals surface area contributed by atoms with Gasteiger partial charge >= 0.3 is 0 Å². The molecule has 0 atom stereocenters. The second kappa shape index (κ2) is 5.79. The van der Waals surface area contributed by atoms with E-state index in [-0.39, 0.29) is 11.4 Å². The lowest BCUT2D eigenvalue weighted by Crippen LogP contribution is -2.40. The first kappa shape index (κ1) is 15.8. The molecular formula is C12H17ClN2O3S. The Hall–Kier alpha value is -1.27. The number of rotatable bonds is 4. The molecule has 0 radical (unpaired) electrons. The summed E-state index contributed by atoms with van der Waals surface area (Å²) < 4.78 is 24.8. The van der Waals surface area contributed by atoms with E-state index in [4.69, 9.17) is 11.6 Å². The molecule has 0 aromatic heterocycles. The van der Waals surface area contributed by atoms with E-state index >= 15 is 0 Å². The van der Waals surface area contributed by atoms with Gasteiger partial charge in [-0.1, -0.05) is 0 Å². The number of carbonyl (C=O) groups is 1. The fourth-order valence-corrected chi connectivity index (χ4v) is 2.02. The van der Waals surface area contributed by atoms with Crippen LogP contribution in [-0.2, 0) is 10.0 Å². The molecule has 1 aromatic carbocycles. The van der Waals surface area contributed by atoms with Crippen molar-refractivity contribution in [3.05, 3.63) is 29.8 Å². The molecule has 1 aromatic rings. The smallest absolute Gasteiger partial charge is 0.251 e. The molecule has 7 heteroatoms. The van der Waals surface area contributed by atoms with Crippen molar-refractivity contribution in [2.75, 3.05) is 9.93 Å². The Morgan fingerprint density at radius 2 is 1.74 bits per heavy atom. The predicted molar refractivity (Wildman–Crippen MR) is 76.9 cm³/mol. The van der Waals surface area contributed by atoms with Crippen LogP contribution in [0.15, 0.2) is 24.3 Å². The minimum Gasteiger partial charge on any atom is -0.347 e. The molecule has 0 heterocycles. The molecule has 0 aliphatic rings. The maximum Gasteiger partial charge on any atom is 0.251 e. The highest BCUT2D eigenvalue weighted by atomic mass is 35.5. The number of benzene rings is 1. The highest BCUT2D eigenvalue weighted by Gasteiger charge is 2.15. The Bertz CT molecular complexity index is 547. The molecule has 0 fully saturated rings. The van der Waals surface area contributed by atoms with Gasteiger partial charge in [-0.2, -0.15) is 0 Å². The molecule has 5 nitrogen and oxygen atoms in total. The first-order valence-corrected chi connectivity index (χ1v) is 7.81. The maximum atomic E-state index is 11.8. The number of nitrogens with one attached hydrogen (secondary N) is 2. The summed E-state index contributed by atoms with van der Waals surface area (Å²) in [4.78, 5) is 11.8. The molecule has 1 rings (SSSR count). The third-order valence-electron chi connectivity index (χ3n) is 2.05. The highest BCUT2D eigenvalue weighted by Crippen LogP contribution is 2.13. The second-order valence-electron chi connectivity index (χ2n) is 5.11. The number of halogens is 1. The number of carbonyl (C=O) groups excluding carboxylic acids is 1. The number of sulfonamides is 1. The van der Waals surface area contributed by atoms with Crippen molar-refractivity contribution >= 4 is 33.2 Å². The molecular weight excluding hydrogens is 288 g/mol. The monoisotopic (exact) mass is 304 g/mol. The second-order valence-corrected chi connectivity index (χ2v) is 7.41. The standard InChI is InChI=1S/C12H17ClN2O3S/c1-12(2,3)14-11(16)9-4-6-10(7-5-9)15-19(17,18)8-13/h4-7,15H,8H2,1-3H3,(H,14,16). The van der Waals surface area contributed by atoms with Crippen LogP contribution >= 0.6 is 11.6 Å². The van der Waals surface area contributed by atoms with Gasteiger partial charge in [-0.05, 0) is 45.0 Å². The van der Waals surface area contributed by atoms with Crippen LogP contribution in [0.3, 0.4) is 0 Å². The van der Waals surface area contributed by atoms with Gasteiger partial charge in [0.15, 0.2) is 0 Å². The van der Waals surface area contributed by atoms with E-state index in [1.54, 1.807) is 12.1 Å². The molecule has 106 valence electrons. The molecule has 1 amide bonds. The zero-order chi connectivity index (χ0) is 14.7. The van der Waals surface area contributed by atoms with Crippen LogP contribution in [0.2, 0.25) is 0 Å². The highest BCUT2D eigenvalue weighted by molar-refractivity contribution is 7.93. The zero-order valence-electron chi connectivity index (χ0n) is 11.0. The topological polar surface area (TPSA) is 75.3 Å². The molecule has 2 N–H and O–H groups in total. The van der Waals surface area contributed by atoms with Crippen molar-refractivity contribution < 1.29 is 13.2 Å². The summed E-state index contributed by atoms with van der Waals surface area (Å²) in [6.07, 6.45) is 0. The number of anilines is 1. The van der Waals surface area contributed by atoms with Crippen molar-refractivity contribution in [2.45, 2.75) is 26.3 Å². The van der Waals surface area contributed by atoms with Crippen molar-refractivity contribution in [2.24, 2.45) is 0 Å². The molecule has 0 unspecified atom stereocenters. The predicted octanol–water partition coefficient (Wildman–Crippen LogP) is 2.15. The van der Waals surface area contributed by atoms with E-state index in [1.807, 2.05) is 20.8 Å². The van der Waals surface area contributed by atoms with E-state index in [0.717, 1.165) is 0 Å². The van der Waals surface area contributed by atoms with E-state index in [9.17, 15) is 13.2 Å². The summed E-state index contributed by atoms with van der Waals surface area (Å²) in [6.45, 7) is 5.65. The molecule has 0 bridgehead atoms. The lowest BCUT2D eigenvalue weighted by Gasteiger charge is -2.20. The van der Waals surface area contributed by atoms with Crippen molar-refractivity contribution in [3.63, 3.8) is 0 Å². The lowest BCUT2D eigenvalue weighted by molar-refractivity contribution is 0.0919. The molecule has 0 saturated heterocycles. The van der Waals surface area contributed by atoms with E-state index in [2.05, 4.69) is 10.0 Å². The molecule has 0 aliphatic carbocycles. The van der Waals surface area contributed by atoms with E-state index < -0.39 is 15.2 Å². The van der Waals surface area contributed by atoms with E-state index in [1.165, 1.54) is 12.1 Å². The minimum absolute atomic E-state index is 0.209. The van der Waals surface area contributed by atoms with Crippen molar-refractivity contribution in [1.82, 2.24) is 5.32 Å². The molecule has 0 spiro atoms. The summed E-state index contributed by atoms with van der Waals surface area (Å²) in [5, 5.41) is 2.30. The Kier molecular flexibility index (Phi) is 4.81. The average molecular weight is 305 g/mol. The Morgan fingerprint density at radius 1 is 1.21 bits per heavy atom. The van der Waals surface area contributed by atoms with E-state index in [0.29, 0.717) is 11.3 Å². The Morgan fingerprint density at radius 3 is 2.16 bits per heavy atom. The van der Waals surface area contributed by atoms with Crippen LogP contribution in [-0.4, -0.2) is 25.1 Å². The first-order chi connectivity index (χ1) is 8.63. The van der Waals surface area contributed by atoms with Crippen molar-refractivity contribution in [3.8, 4) is 0 Å². The maximum absolute atomic E-state index is 11.8. The third-order valence-corrected chi connectivity index (χ3v) is 3.75. The van der Waals surface area contributed by atoms with Gasteiger partial charge in [0, 0.05) is 16.8 Å². The van der Waals surface area contributed by atoms with Crippen LogP contribution < -0.4 is 10.0 Å². The van der Waals surface area contributed by atoms with Gasteiger partial charge < -0.3 is 5.32 Å². The normalized spacial score (nSPS) is 12.0. The Labute approximate surface area is 118 Å². The largest absolute Gasteiger partial charge is 0.347 e. The summed E-state index contributed by atoms with van der Waals surface area (Å²) in [7, 11) is -3.52. The SMILES string of the molecule is CC(C)(C)NC(=O)c1ccc(NS(=O)(=O)CCl)cc1. The summed E-state index contributed by atoms with van der Waals surface area (Å²) >= 11 is 5.28. The number of hydrogen-bond acceptors (Lipinski definition) is 3. The molecule has 19 heavy (non-hydrogen) atoms. The zero-order valence-corrected chi connectivity index (χ0v) is 12.6. The van der Waals surface area contributed by atoms with Crippen LogP contribution in [0.25, 0.3) is 0 Å². The fourth-order valence-electron chi connectivity index (χ4n) is 1.31. The lowest BCUT2D eigenvalue weighted by atomic mass is 10.1. The Balaban J connectivity index is 2.80. The van der Waals surface area contributed by atoms with Crippen LogP contribution in [0, 0.1) is 0 Å². The summed E-state index contributed by atoms with van der Waals surface area (Å²) in [5.74, 6) is -0.209. The number of hydrogen-bond donors (Lipinski definition) is 2. The quantitative estimate of drug-likeness (QED) is 0.837. The molecule has 0 aliphatic heterocycles. The van der Waals surface area contributed by atoms with Crippen LogP contribution in [0.1, 0.15) is 31.1 Å². The number of alkyl halides is 1.